The van der Waals surface area contributed by atoms with Crippen LogP contribution in [0.5, 0.6) is 5.75 Å². The molecule has 15 heavy (non-hydrogen) atoms. The van der Waals surface area contributed by atoms with E-state index in [9.17, 15) is 0 Å². The molecule has 0 saturated heterocycles. The van der Waals surface area contributed by atoms with Gasteiger partial charge in [0, 0.05) is 20.1 Å². The summed E-state index contributed by atoms with van der Waals surface area (Å²) in [7, 11) is 1.69. The molecule has 3 heteroatoms. The molecule has 1 aromatic carbocycles. The van der Waals surface area contributed by atoms with E-state index < -0.39 is 0 Å². The fraction of sp³-hybridized carbons (Fsp3) is 0.500. The van der Waals surface area contributed by atoms with Crippen molar-refractivity contribution in [2.45, 2.75) is 19.8 Å². The summed E-state index contributed by atoms with van der Waals surface area (Å²) < 4.78 is 10.6. The Labute approximate surface area is 96.2 Å². The number of rotatable bonds is 6. The van der Waals surface area contributed by atoms with Gasteiger partial charge in [-0.2, -0.15) is 0 Å². The van der Waals surface area contributed by atoms with Gasteiger partial charge in [0.1, 0.15) is 5.75 Å². The topological polar surface area (TPSA) is 18.5 Å². The maximum Gasteiger partial charge on any atom is 0.141 e. The van der Waals surface area contributed by atoms with E-state index in [1.54, 1.807) is 7.11 Å². The van der Waals surface area contributed by atoms with E-state index in [0.717, 1.165) is 24.2 Å². The predicted octanol–water partition coefficient (Wildman–Crippen LogP) is 3.32. The molecule has 0 fully saturated rings. The van der Waals surface area contributed by atoms with Crippen LogP contribution in [0.15, 0.2) is 18.2 Å². The Bertz CT molecular complexity index is 300. The zero-order valence-corrected chi connectivity index (χ0v) is 10.0. The van der Waals surface area contributed by atoms with Crippen LogP contribution >= 0.6 is 11.6 Å². The summed E-state index contributed by atoms with van der Waals surface area (Å²) in [6.45, 7) is 3.45. The van der Waals surface area contributed by atoms with Crippen molar-refractivity contribution in [2.24, 2.45) is 0 Å². The molecule has 0 bridgehead atoms. The molecule has 84 valence electrons. The monoisotopic (exact) mass is 228 g/mol. The molecule has 0 aliphatic carbocycles. The second-order valence-electron chi connectivity index (χ2n) is 3.28. The Morgan fingerprint density at radius 1 is 1.27 bits per heavy atom. The average Bonchev–Trinajstić information content (AvgIpc) is 2.26. The molecule has 0 aromatic heterocycles. The van der Waals surface area contributed by atoms with Crippen LogP contribution in [0.25, 0.3) is 0 Å². The van der Waals surface area contributed by atoms with E-state index in [0.29, 0.717) is 18.2 Å². The van der Waals surface area contributed by atoms with E-state index in [-0.39, 0.29) is 0 Å². The number of ether oxygens (including phenoxy) is 2. The normalized spacial score (nSPS) is 10.3. The van der Waals surface area contributed by atoms with Crippen LogP contribution in [-0.2, 0) is 11.2 Å². The molecule has 0 atom stereocenters. The van der Waals surface area contributed by atoms with E-state index in [1.807, 2.05) is 18.2 Å². The lowest BCUT2D eigenvalue weighted by Crippen LogP contribution is -2.03. The third-order valence-electron chi connectivity index (χ3n) is 2.17. The SMILES string of the molecule is CCc1cccc(Cl)c1OCCCOC. The first kappa shape index (κ1) is 12.3. The van der Waals surface area contributed by atoms with Gasteiger partial charge in [0.15, 0.2) is 0 Å². The first-order chi connectivity index (χ1) is 7.29. The molecule has 0 unspecified atom stereocenters. The third-order valence-corrected chi connectivity index (χ3v) is 2.47. The van der Waals surface area contributed by atoms with Crippen LogP contribution in [0.1, 0.15) is 18.9 Å². The number of methoxy groups -OCH3 is 1. The van der Waals surface area contributed by atoms with Crippen molar-refractivity contribution in [3.05, 3.63) is 28.8 Å². The molecule has 2 nitrogen and oxygen atoms in total. The van der Waals surface area contributed by atoms with Crippen molar-refractivity contribution in [1.29, 1.82) is 0 Å². The minimum absolute atomic E-state index is 0.643. The van der Waals surface area contributed by atoms with Crippen molar-refractivity contribution >= 4 is 11.6 Å². The summed E-state index contributed by atoms with van der Waals surface area (Å²) in [6.07, 6.45) is 1.81. The van der Waals surface area contributed by atoms with Crippen molar-refractivity contribution in [3.63, 3.8) is 0 Å². The van der Waals surface area contributed by atoms with Gasteiger partial charge in [-0.25, -0.2) is 0 Å². The molecule has 0 spiro atoms. The highest BCUT2D eigenvalue weighted by Crippen LogP contribution is 2.28. The van der Waals surface area contributed by atoms with Gasteiger partial charge in [-0.3, -0.25) is 0 Å². The second-order valence-corrected chi connectivity index (χ2v) is 3.68. The van der Waals surface area contributed by atoms with E-state index >= 15 is 0 Å². The number of halogens is 1. The molecule has 0 N–H and O–H groups in total. The molecular formula is C12H17ClO2. The number of aryl methyl sites for hydroxylation is 1. The van der Waals surface area contributed by atoms with Gasteiger partial charge in [-0.1, -0.05) is 30.7 Å². The second kappa shape index (κ2) is 6.70. The quantitative estimate of drug-likeness (QED) is 0.696. The fourth-order valence-electron chi connectivity index (χ4n) is 1.37. The molecular weight excluding hydrogens is 212 g/mol. The average molecular weight is 229 g/mol. The van der Waals surface area contributed by atoms with Crippen LogP contribution < -0.4 is 4.74 Å². The van der Waals surface area contributed by atoms with E-state index in [2.05, 4.69) is 6.92 Å². The maximum atomic E-state index is 6.06. The van der Waals surface area contributed by atoms with Crippen molar-refractivity contribution in [1.82, 2.24) is 0 Å². The summed E-state index contributed by atoms with van der Waals surface area (Å²) in [4.78, 5) is 0. The number of benzene rings is 1. The van der Waals surface area contributed by atoms with Gasteiger partial charge in [-0.05, 0) is 18.1 Å². The fourth-order valence-corrected chi connectivity index (χ4v) is 1.62. The lowest BCUT2D eigenvalue weighted by atomic mass is 10.1. The summed E-state index contributed by atoms with van der Waals surface area (Å²) in [5.74, 6) is 0.817. The summed E-state index contributed by atoms with van der Waals surface area (Å²) in [5, 5.41) is 0.687. The lowest BCUT2D eigenvalue weighted by molar-refractivity contribution is 0.172. The number of hydrogen-bond donors (Lipinski definition) is 0. The molecule has 0 radical (unpaired) electrons. The van der Waals surface area contributed by atoms with Gasteiger partial charge in [0.2, 0.25) is 0 Å². The Balaban J connectivity index is 2.58. The van der Waals surface area contributed by atoms with Gasteiger partial charge >= 0.3 is 0 Å². The third kappa shape index (κ3) is 3.73. The van der Waals surface area contributed by atoms with Crippen LogP contribution in [0, 0.1) is 0 Å². The molecule has 1 rings (SSSR count). The number of para-hydroxylation sites is 1. The van der Waals surface area contributed by atoms with Crippen molar-refractivity contribution < 1.29 is 9.47 Å². The molecule has 0 saturated carbocycles. The minimum Gasteiger partial charge on any atom is -0.492 e. The van der Waals surface area contributed by atoms with Gasteiger partial charge in [0.05, 0.1) is 11.6 Å². The summed E-state index contributed by atoms with van der Waals surface area (Å²) in [6, 6.07) is 5.84. The van der Waals surface area contributed by atoms with Gasteiger partial charge in [0.25, 0.3) is 0 Å². The Kier molecular flexibility index (Phi) is 5.51. The standard InChI is InChI=1S/C12H17ClO2/c1-3-10-6-4-7-11(13)12(10)15-9-5-8-14-2/h4,6-7H,3,5,8-9H2,1-2H3. The van der Waals surface area contributed by atoms with E-state index in [4.69, 9.17) is 21.1 Å². The van der Waals surface area contributed by atoms with Crippen LogP contribution in [0.3, 0.4) is 0 Å². The predicted molar refractivity (Wildman–Crippen MR) is 62.8 cm³/mol. The molecule has 0 heterocycles. The summed E-state index contributed by atoms with van der Waals surface area (Å²) >= 11 is 6.06. The summed E-state index contributed by atoms with van der Waals surface area (Å²) in [5.41, 5.74) is 1.15. The number of hydrogen-bond acceptors (Lipinski definition) is 2. The van der Waals surface area contributed by atoms with Crippen molar-refractivity contribution in [2.75, 3.05) is 20.3 Å². The Morgan fingerprint density at radius 3 is 2.73 bits per heavy atom. The molecule has 1 aromatic rings. The Morgan fingerprint density at radius 2 is 2.07 bits per heavy atom. The first-order valence-electron chi connectivity index (χ1n) is 5.18. The molecule has 0 aliphatic heterocycles. The van der Waals surface area contributed by atoms with Crippen LogP contribution in [0.2, 0.25) is 5.02 Å². The minimum atomic E-state index is 0.643. The largest absolute Gasteiger partial charge is 0.492 e. The zero-order chi connectivity index (χ0) is 11.1. The van der Waals surface area contributed by atoms with Crippen LogP contribution in [0.4, 0.5) is 0 Å². The van der Waals surface area contributed by atoms with Crippen molar-refractivity contribution in [3.8, 4) is 5.75 Å². The zero-order valence-electron chi connectivity index (χ0n) is 9.25. The maximum absolute atomic E-state index is 6.06. The molecule has 0 aliphatic rings. The smallest absolute Gasteiger partial charge is 0.141 e. The lowest BCUT2D eigenvalue weighted by Gasteiger charge is -2.11. The first-order valence-corrected chi connectivity index (χ1v) is 5.56. The highest BCUT2D eigenvalue weighted by molar-refractivity contribution is 6.32. The Hall–Kier alpha value is -0.730. The van der Waals surface area contributed by atoms with E-state index in [1.165, 1.54) is 0 Å². The highest BCUT2D eigenvalue weighted by Gasteiger charge is 2.06. The highest BCUT2D eigenvalue weighted by atomic mass is 35.5. The van der Waals surface area contributed by atoms with Gasteiger partial charge < -0.3 is 9.47 Å². The van der Waals surface area contributed by atoms with Gasteiger partial charge in [-0.15, -0.1) is 0 Å². The molecule has 0 amide bonds. The van der Waals surface area contributed by atoms with Crippen LogP contribution in [-0.4, -0.2) is 20.3 Å².